The Kier molecular flexibility index (Phi) is 5.04. The molecule has 3 heteroatoms. The van der Waals surface area contributed by atoms with Gasteiger partial charge < -0.3 is 4.98 Å². The van der Waals surface area contributed by atoms with Crippen molar-refractivity contribution >= 4 is 19.3 Å². The van der Waals surface area contributed by atoms with Crippen molar-refractivity contribution < 1.29 is 0 Å². The number of allylic oxidation sites excluding steroid dienone is 1. The fourth-order valence-electron chi connectivity index (χ4n) is 0.697. The van der Waals surface area contributed by atoms with E-state index in [9.17, 15) is 0 Å². The zero-order valence-corrected chi connectivity index (χ0v) is 8.86. The quantitative estimate of drug-likeness (QED) is 0.510. The third kappa shape index (κ3) is 2.86. The van der Waals surface area contributed by atoms with E-state index in [1.54, 1.807) is 0 Å². The van der Waals surface area contributed by atoms with E-state index in [0.29, 0.717) is 5.92 Å². The molecule has 0 heterocycles. The van der Waals surface area contributed by atoms with Crippen molar-refractivity contribution in [2.24, 2.45) is 5.92 Å². The number of nitrogens with one attached hydrogen (secondary N) is 1. The average molecular weight is 178 g/mol. The highest BCUT2D eigenvalue weighted by Crippen LogP contribution is 2.15. The van der Waals surface area contributed by atoms with E-state index in [2.05, 4.69) is 25.4 Å². The molecule has 1 N–H and O–H groups in total. The normalized spacial score (nSPS) is 16.4. The molecule has 0 spiro atoms. The molecule has 0 bridgehead atoms. The summed E-state index contributed by atoms with van der Waals surface area (Å²) in [5, 5.41) is 1.21. The van der Waals surface area contributed by atoms with Gasteiger partial charge in [-0.1, -0.05) is 25.5 Å². The van der Waals surface area contributed by atoms with Crippen LogP contribution >= 0.6 is 11.1 Å². The van der Waals surface area contributed by atoms with Gasteiger partial charge in [-0.3, -0.25) is 0 Å². The SMILES string of the molecule is C=C(C(C)CC)[SiH](Cl)NC. The second kappa shape index (κ2) is 4.94. The van der Waals surface area contributed by atoms with Crippen molar-refractivity contribution in [1.29, 1.82) is 0 Å². The summed E-state index contributed by atoms with van der Waals surface area (Å²) < 4.78 is 0. The standard InChI is InChI=1S/C7H16ClNSi/c1-5-6(2)7(3)10(8)9-4/h6,9-10H,3,5H2,1-2,4H3. The molecule has 2 unspecified atom stereocenters. The zero-order chi connectivity index (χ0) is 8.15. The van der Waals surface area contributed by atoms with Crippen molar-refractivity contribution in [3.63, 3.8) is 0 Å². The summed E-state index contributed by atoms with van der Waals surface area (Å²) >= 11 is 6.02. The fraction of sp³-hybridized carbons (Fsp3) is 0.714. The molecule has 60 valence electrons. The molecule has 0 saturated carbocycles. The van der Waals surface area contributed by atoms with Crippen molar-refractivity contribution in [2.45, 2.75) is 20.3 Å². The molecule has 0 saturated heterocycles. The van der Waals surface area contributed by atoms with E-state index in [0.717, 1.165) is 6.42 Å². The van der Waals surface area contributed by atoms with E-state index in [1.165, 1.54) is 5.20 Å². The maximum absolute atomic E-state index is 6.02. The van der Waals surface area contributed by atoms with Crippen molar-refractivity contribution in [3.8, 4) is 0 Å². The predicted molar refractivity (Wildman–Crippen MR) is 50.7 cm³/mol. The molecule has 0 aliphatic rings. The monoisotopic (exact) mass is 177 g/mol. The Morgan fingerprint density at radius 3 is 2.60 bits per heavy atom. The van der Waals surface area contributed by atoms with Gasteiger partial charge in [0.15, 0.2) is 0 Å². The molecule has 0 radical (unpaired) electrons. The molecule has 2 atom stereocenters. The van der Waals surface area contributed by atoms with Gasteiger partial charge in [-0.05, 0) is 13.0 Å². The van der Waals surface area contributed by atoms with Crippen molar-refractivity contribution in [1.82, 2.24) is 4.98 Å². The van der Waals surface area contributed by atoms with Crippen LogP contribution in [0.2, 0.25) is 0 Å². The first-order chi connectivity index (χ1) is 4.63. The first-order valence-electron chi connectivity index (χ1n) is 3.63. The van der Waals surface area contributed by atoms with E-state index in [-0.39, 0.29) is 0 Å². The van der Waals surface area contributed by atoms with Crippen molar-refractivity contribution in [2.75, 3.05) is 7.05 Å². The van der Waals surface area contributed by atoms with Crippen LogP contribution in [-0.2, 0) is 0 Å². The van der Waals surface area contributed by atoms with Crippen LogP contribution in [0.4, 0.5) is 0 Å². The lowest BCUT2D eigenvalue weighted by molar-refractivity contribution is 0.682. The molecule has 0 aromatic heterocycles. The van der Waals surface area contributed by atoms with E-state index < -0.39 is 8.27 Å². The summed E-state index contributed by atoms with van der Waals surface area (Å²) in [6, 6.07) is 0. The molecule has 0 amide bonds. The highest BCUT2D eigenvalue weighted by atomic mass is 35.6. The third-order valence-electron chi connectivity index (χ3n) is 1.82. The second-order valence-corrected chi connectivity index (χ2v) is 5.89. The van der Waals surface area contributed by atoms with Gasteiger partial charge in [0.05, 0.1) is 0 Å². The Hall–Kier alpha value is 0.207. The Labute approximate surface area is 69.9 Å². The summed E-state index contributed by atoms with van der Waals surface area (Å²) in [4.78, 5) is 3.08. The molecule has 0 aliphatic heterocycles. The highest BCUT2D eigenvalue weighted by Gasteiger charge is 2.13. The van der Waals surface area contributed by atoms with Gasteiger partial charge in [0.25, 0.3) is 0 Å². The van der Waals surface area contributed by atoms with Gasteiger partial charge in [-0.15, -0.1) is 17.7 Å². The van der Waals surface area contributed by atoms with Crippen LogP contribution in [0.5, 0.6) is 0 Å². The molecule has 0 aromatic carbocycles. The molecule has 0 rings (SSSR count). The van der Waals surface area contributed by atoms with E-state index >= 15 is 0 Å². The lowest BCUT2D eigenvalue weighted by Crippen LogP contribution is -2.29. The lowest BCUT2D eigenvalue weighted by atomic mass is 10.1. The van der Waals surface area contributed by atoms with Crippen molar-refractivity contribution in [3.05, 3.63) is 11.8 Å². The number of hydrogen-bond acceptors (Lipinski definition) is 1. The van der Waals surface area contributed by atoms with Gasteiger partial charge >= 0.3 is 0 Å². The van der Waals surface area contributed by atoms with Gasteiger partial charge in [-0.2, -0.15) is 0 Å². The molecule has 0 fully saturated rings. The summed E-state index contributed by atoms with van der Waals surface area (Å²) in [6.07, 6.45) is 1.14. The minimum absolute atomic E-state index is 0.571. The second-order valence-electron chi connectivity index (χ2n) is 2.54. The molecule has 0 aromatic rings. The zero-order valence-electron chi connectivity index (χ0n) is 6.95. The minimum Gasteiger partial charge on any atom is -0.327 e. The van der Waals surface area contributed by atoms with Crippen LogP contribution in [0.1, 0.15) is 20.3 Å². The van der Waals surface area contributed by atoms with Crippen LogP contribution in [-0.4, -0.2) is 15.3 Å². The number of rotatable bonds is 4. The molecule has 10 heavy (non-hydrogen) atoms. The number of hydrogen-bond donors (Lipinski definition) is 1. The molecular formula is C7H16ClNSi. The van der Waals surface area contributed by atoms with Gasteiger partial charge in [0.2, 0.25) is 8.27 Å². The smallest absolute Gasteiger partial charge is 0.237 e. The van der Waals surface area contributed by atoms with Gasteiger partial charge in [0.1, 0.15) is 0 Å². The predicted octanol–water partition coefficient (Wildman–Crippen LogP) is 1.81. The van der Waals surface area contributed by atoms with Crippen LogP contribution in [0, 0.1) is 5.92 Å². The highest BCUT2D eigenvalue weighted by molar-refractivity contribution is 7.09. The topological polar surface area (TPSA) is 12.0 Å². The Bertz CT molecular complexity index is 104. The summed E-state index contributed by atoms with van der Waals surface area (Å²) in [5.74, 6) is 0.571. The Morgan fingerprint density at radius 1 is 1.80 bits per heavy atom. The summed E-state index contributed by atoms with van der Waals surface area (Å²) in [6.45, 7) is 8.29. The number of halogens is 1. The largest absolute Gasteiger partial charge is 0.327 e. The first kappa shape index (κ1) is 10.2. The molecule has 0 aliphatic carbocycles. The average Bonchev–Trinajstić information content (AvgIpc) is 2.00. The van der Waals surface area contributed by atoms with Gasteiger partial charge in [0, 0.05) is 0 Å². The molecule has 1 nitrogen and oxygen atoms in total. The summed E-state index contributed by atoms with van der Waals surface area (Å²) in [7, 11) is 0.577. The van der Waals surface area contributed by atoms with E-state index in [1.807, 2.05) is 7.05 Å². The lowest BCUT2D eigenvalue weighted by Gasteiger charge is -2.15. The minimum atomic E-state index is -1.32. The Morgan fingerprint density at radius 2 is 2.30 bits per heavy atom. The van der Waals surface area contributed by atoms with Crippen LogP contribution in [0.15, 0.2) is 11.8 Å². The van der Waals surface area contributed by atoms with Crippen LogP contribution in [0.25, 0.3) is 0 Å². The third-order valence-corrected chi connectivity index (χ3v) is 5.05. The maximum Gasteiger partial charge on any atom is 0.237 e. The van der Waals surface area contributed by atoms with Crippen LogP contribution in [0.3, 0.4) is 0 Å². The Balaban J connectivity index is 3.82. The molecular weight excluding hydrogens is 162 g/mol. The van der Waals surface area contributed by atoms with E-state index in [4.69, 9.17) is 11.1 Å². The van der Waals surface area contributed by atoms with Gasteiger partial charge in [-0.25, -0.2) is 0 Å². The van der Waals surface area contributed by atoms with Crippen LogP contribution < -0.4 is 4.98 Å². The first-order valence-corrected chi connectivity index (χ1v) is 6.53. The summed E-state index contributed by atoms with van der Waals surface area (Å²) in [5.41, 5.74) is 0. The maximum atomic E-state index is 6.02. The fourth-order valence-corrected chi connectivity index (χ4v) is 2.45.